The molecule has 3 aromatic carbocycles. The molecule has 2 aromatic heterocycles. The van der Waals surface area contributed by atoms with Crippen LogP contribution >= 0.6 is 0 Å². The fourth-order valence-corrected chi connectivity index (χ4v) is 4.59. The van der Waals surface area contributed by atoms with Crippen LogP contribution in [0, 0.1) is 0 Å². The van der Waals surface area contributed by atoms with Crippen molar-refractivity contribution in [3.8, 4) is 0 Å². The first kappa shape index (κ1) is 26.3. The van der Waals surface area contributed by atoms with Gasteiger partial charge in [-0.15, -0.1) is 0 Å². The van der Waals surface area contributed by atoms with E-state index in [4.69, 9.17) is 0 Å². The number of hydrogen-bond donors (Lipinski definition) is 0. The van der Waals surface area contributed by atoms with Crippen molar-refractivity contribution in [1.82, 2.24) is 14.5 Å². The number of hydrogen-bond acceptors (Lipinski definition) is 2. The molecule has 0 spiro atoms. The molecule has 0 N–H and O–H groups in total. The van der Waals surface area contributed by atoms with Crippen LogP contribution in [0.25, 0.3) is 21.8 Å². The predicted molar refractivity (Wildman–Crippen MR) is 135 cm³/mol. The predicted octanol–water partition coefficient (Wildman–Crippen LogP) is 7.61. The molecule has 0 aliphatic rings. The normalized spacial score (nSPS) is 12.3. The number of rotatable bonds is 5. The molecule has 0 fully saturated rings. The minimum atomic E-state index is -5.00. The van der Waals surface area contributed by atoms with Crippen LogP contribution in [0.4, 0.5) is 26.3 Å². The summed E-state index contributed by atoms with van der Waals surface area (Å²) in [5.41, 5.74) is -0.837. The van der Waals surface area contributed by atoms with Crippen LogP contribution in [0.2, 0.25) is 0 Å². The second-order valence-corrected chi connectivity index (χ2v) is 9.25. The van der Waals surface area contributed by atoms with E-state index in [-0.39, 0.29) is 23.7 Å². The third-order valence-corrected chi connectivity index (χ3v) is 6.55. The van der Waals surface area contributed by atoms with E-state index in [1.54, 1.807) is 37.4 Å². The van der Waals surface area contributed by atoms with E-state index < -0.39 is 35.9 Å². The summed E-state index contributed by atoms with van der Waals surface area (Å²) in [5, 5.41) is 1.56. The molecule has 0 saturated carbocycles. The van der Waals surface area contributed by atoms with Gasteiger partial charge in [0, 0.05) is 36.4 Å². The number of aromatic nitrogens is 2. The van der Waals surface area contributed by atoms with Crippen molar-refractivity contribution in [3.05, 3.63) is 113 Å². The molecule has 4 nitrogen and oxygen atoms in total. The zero-order valence-corrected chi connectivity index (χ0v) is 20.5. The number of benzene rings is 3. The number of aryl methyl sites for hydroxylation is 1. The average Bonchev–Trinajstić information content (AvgIpc) is 3.21. The lowest BCUT2D eigenvalue weighted by Crippen LogP contribution is -2.31. The summed E-state index contributed by atoms with van der Waals surface area (Å²) >= 11 is 0. The van der Waals surface area contributed by atoms with Crippen LogP contribution < -0.4 is 0 Å². The Labute approximate surface area is 219 Å². The van der Waals surface area contributed by atoms with E-state index in [0.717, 1.165) is 10.9 Å². The smallest absolute Gasteiger partial charge is 0.346 e. The van der Waals surface area contributed by atoms with Gasteiger partial charge >= 0.3 is 12.4 Å². The highest BCUT2D eigenvalue weighted by molar-refractivity contribution is 5.97. The SMILES string of the molecule is Cn1c(CN(Cc2cc(C(F)(F)F)cc(C(F)(F)F)c2)C(=O)c2cnc3ccccc3c2)cc2ccccc21. The quantitative estimate of drug-likeness (QED) is 0.215. The first-order chi connectivity index (χ1) is 18.4. The highest BCUT2D eigenvalue weighted by atomic mass is 19.4. The lowest BCUT2D eigenvalue weighted by atomic mass is 10.0. The van der Waals surface area contributed by atoms with E-state index in [1.807, 2.05) is 34.9 Å². The third kappa shape index (κ3) is 5.45. The first-order valence-electron chi connectivity index (χ1n) is 11.9. The fourth-order valence-electron chi connectivity index (χ4n) is 4.59. The molecule has 0 saturated heterocycles. The first-order valence-corrected chi connectivity index (χ1v) is 11.9. The fraction of sp³-hybridized carbons (Fsp3) is 0.172. The summed E-state index contributed by atoms with van der Waals surface area (Å²) in [5.74, 6) is -0.579. The van der Waals surface area contributed by atoms with Crippen molar-refractivity contribution >= 4 is 27.7 Å². The van der Waals surface area contributed by atoms with Crippen molar-refractivity contribution in [2.75, 3.05) is 0 Å². The number of nitrogens with zero attached hydrogens (tertiary/aromatic N) is 3. The molecule has 39 heavy (non-hydrogen) atoms. The van der Waals surface area contributed by atoms with Gasteiger partial charge < -0.3 is 9.47 Å². The summed E-state index contributed by atoms with van der Waals surface area (Å²) in [7, 11) is 1.78. The van der Waals surface area contributed by atoms with Crippen LogP contribution in [0.1, 0.15) is 32.7 Å². The Morgan fingerprint density at radius 2 is 1.41 bits per heavy atom. The maximum atomic E-state index is 13.7. The number of pyridine rings is 1. The molecular formula is C29H21F6N3O. The Balaban J connectivity index is 1.59. The topological polar surface area (TPSA) is 38.1 Å². The zero-order valence-electron chi connectivity index (χ0n) is 20.5. The van der Waals surface area contributed by atoms with E-state index in [2.05, 4.69) is 4.98 Å². The van der Waals surface area contributed by atoms with Gasteiger partial charge in [0.2, 0.25) is 0 Å². The van der Waals surface area contributed by atoms with Crippen molar-refractivity contribution in [2.24, 2.45) is 7.05 Å². The summed E-state index contributed by atoms with van der Waals surface area (Å²) in [4.78, 5) is 19.2. The van der Waals surface area contributed by atoms with Crippen LogP contribution in [0.5, 0.6) is 0 Å². The molecule has 10 heteroatoms. The number of para-hydroxylation sites is 2. The molecule has 200 valence electrons. The largest absolute Gasteiger partial charge is 0.416 e. The van der Waals surface area contributed by atoms with Crippen molar-refractivity contribution in [3.63, 3.8) is 0 Å². The lowest BCUT2D eigenvalue weighted by molar-refractivity contribution is -0.143. The lowest BCUT2D eigenvalue weighted by Gasteiger charge is -2.24. The number of halogens is 6. The Bertz CT molecular complexity index is 1650. The maximum Gasteiger partial charge on any atom is 0.416 e. The average molecular weight is 541 g/mol. The molecule has 1 amide bonds. The van der Waals surface area contributed by atoms with E-state index in [9.17, 15) is 31.1 Å². The number of carbonyl (C=O) groups excluding carboxylic acids is 1. The Morgan fingerprint density at radius 3 is 2.05 bits per heavy atom. The molecule has 0 unspecified atom stereocenters. The Kier molecular flexibility index (Phi) is 6.57. The van der Waals surface area contributed by atoms with Gasteiger partial charge in [-0.05, 0) is 53.4 Å². The van der Waals surface area contributed by atoms with E-state index >= 15 is 0 Å². The van der Waals surface area contributed by atoms with Crippen molar-refractivity contribution < 1.29 is 31.1 Å². The summed E-state index contributed by atoms with van der Waals surface area (Å²) in [6.07, 6.45) is -8.64. The minimum absolute atomic E-state index is 0.0611. The second kappa shape index (κ2) is 9.76. The van der Waals surface area contributed by atoms with Gasteiger partial charge in [0.1, 0.15) is 0 Å². The zero-order chi connectivity index (χ0) is 27.9. The van der Waals surface area contributed by atoms with Crippen LogP contribution in [0.3, 0.4) is 0 Å². The molecule has 0 atom stereocenters. The molecular weight excluding hydrogens is 520 g/mol. The second-order valence-electron chi connectivity index (χ2n) is 9.25. The van der Waals surface area contributed by atoms with E-state index in [0.29, 0.717) is 28.7 Å². The van der Waals surface area contributed by atoms with Gasteiger partial charge in [-0.1, -0.05) is 36.4 Å². The number of amides is 1. The Morgan fingerprint density at radius 1 is 0.795 bits per heavy atom. The molecule has 0 aliphatic carbocycles. The van der Waals surface area contributed by atoms with E-state index in [1.165, 1.54) is 11.1 Å². The molecule has 0 radical (unpaired) electrons. The van der Waals surface area contributed by atoms with Crippen LogP contribution in [-0.2, 0) is 32.5 Å². The standard InChI is InChI=1S/C29H21F6N3O/c1-37-24(13-20-7-3-5-9-26(20)37)17-38(27(39)21-12-19-6-2-4-8-25(19)36-15-21)16-18-10-22(28(30,31)32)14-23(11-18)29(33,34)35/h2-15H,16-17H2,1H3. The van der Waals surface area contributed by atoms with Gasteiger partial charge in [0.15, 0.2) is 0 Å². The van der Waals surface area contributed by atoms with Gasteiger partial charge in [-0.25, -0.2) is 0 Å². The van der Waals surface area contributed by atoms with Gasteiger partial charge in [-0.3, -0.25) is 9.78 Å². The monoisotopic (exact) mass is 541 g/mol. The van der Waals surface area contributed by atoms with Crippen LogP contribution in [0.15, 0.2) is 85.1 Å². The maximum absolute atomic E-state index is 13.7. The van der Waals surface area contributed by atoms with Gasteiger partial charge in [-0.2, -0.15) is 26.3 Å². The van der Waals surface area contributed by atoms with Gasteiger partial charge in [0.25, 0.3) is 5.91 Å². The highest BCUT2D eigenvalue weighted by Crippen LogP contribution is 2.37. The number of fused-ring (bicyclic) bond motifs is 2. The molecule has 0 bridgehead atoms. The summed E-state index contributed by atoms with van der Waals surface area (Å²) < 4.78 is 82.9. The number of alkyl halides is 6. The van der Waals surface area contributed by atoms with Crippen LogP contribution in [-0.4, -0.2) is 20.4 Å². The molecule has 2 heterocycles. The Hall–Kier alpha value is -4.34. The van der Waals surface area contributed by atoms with Crippen molar-refractivity contribution in [2.45, 2.75) is 25.4 Å². The molecule has 5 aromatic rings. The molecule has 5 rings (SSSR count). The minimum Gasteiger partial charge on any atom is -0.346 e. The third-order valence-electron chi connectivity index (χ3n) is 6.55. The van der Waals surface area contributed by atoms with Crippen molar-refractivity contribution in [1.29, 1.82) is 0 Å². The summed E-state index contributed by atoms with van der Waals surface area (Å²) in [6, 6.07) is 19.3. The molecule has 0 aliphatic heterocycles. The highest BCUT2D eigenvalue weighted by Gasteiger charge is 2.37. The van der Waals surface area contributed by atoms with Gasteiger partial charge in [0.05, 0.1) is 28.8 Å². The number of carbonyl (C=O) groups is 1. The summed E-state index contributed by atoms with van der Waals surface area (Å²) in [6.45, 7) is -0.547.